The quantitative estimate of drug-likeness (QED) is 0.852. The van der Waals surface area contributed by atoms with Gasteiger partial charge in [0, 0.05) is 25.1 Å². The lowest BCUT2D eigenvalue weighted by Gasteiger charge is -2.22. The molecular formula is C14H15F2N3O4S. The van der Waals surface area contributed by atoms with E-state index in [4.69, 9.17) is 4.52 Å². The summed E-state index contributed by atoms with van der Waals surface area (Å²) in [5.74, 6) is -1.70. The molecule has 2 rings (SSSR count). The van der Waals surface area contributed by atoms with E-state index in [1.54, 1.807) is 6.92 Å². The summed E-state index contributed by atoms with van der Waals surface area (Å²) in [5.41, 5.74) is -0.330. The summed E-state index contributed by atoms with van der Waals surface area (Å²) in [6, 6.07) is 4.01. The third-order valence-electron chi connectivity index (χ3n) is 3.02. The third-order valence-corrected chi connectivity index (χ3v) is 4.20. The van der Waals surface area contributed by atoms with Crippen LogP contribution in [-0.2, 0) is 14.8 Å². The first-order valence-corrected chi connectivity index (χ1v) is 8.67. The SMILES string of the molecule is Cc1cc(NC(=O)CCN(c2ccc(F)cc2F)S(C)(=O)=O)no1. The molecule has 130 valence electrons. The van der Waals surface area contributed by atoms with E-state index in [-0.39, 0.29) is 24.5 Å². The molecule has 0 saturated carbocycles. The van der Waals surface area contributed by atoms with Crippen molar-refractivity contribution in [1.82, 2.24) is 5.16 Å². The molecule has 7 nitrogen and oxygen atoms in total. The zero-order valence-corrected chi connectivity index (χ0v) is 13.7. The molecule has 1 heterocycles. The van der Waals surface area contributed by atoms with E-state index in [2.05, 4.69) is 10.5 Å². The first-order valence-electron chi connectivity index (χ1n) is 6.83. The number of hydrogen-bond donors (Lipinski definition) is 1. The van der Waals surface area contributed by atoms with Crippen LogP contribution in [0.5, 0.6) is 0 Å². The molecule has 0 aliphatic heterocycles. The number of sulfonamides is 1. The second kappa shape index (κ2) is 6.95. The average molecular weight is 359 g/mol. The van der Waals surface area contributed by atoms with Gasteiger partial charge in [0.1, 0.15) is 17.4 Å². The van der Waals surface area contributed by atoms with Gasteiger partial charge in [-0.25, -0.2) is 17.2 Å². The lowest BCUT2D eigenvalue weighted by Crippen LogP contribution is -2.33. The summed E-state index contributed by atoms with van der Waals surface area (Å²) >= 11 is 0. The number of carbonyl (C=O) groups is 1. The van der Waals surface area contributed by atoms with Gasteiger partial charge in [-0.3, -0.25) is 9.10 Å². The van der Waals surface area contributed by atoms with Gasteiger partial charge in [-0.2, -0.15) is 0 Å². The van der Waals surface area contributed by atoms with Crippen molar-refractivity contribution < 1.29 is 26.5 Å². The predicted octanol–water partition coefficient (Wildman–Crippen LogP) is 2.06. The number of aryl methyl sites for hydroxylation is 1. The molecule has 2 aromatic rings. The molecular weight excluding hydrogens is 344 g/mol. The molecule has 1 amide bonds. The normalized spacial score (nSPS) is 11.3. The number of amides is 1. The second-order valence-electron chi connectivity index (χ2n) is 5.05. The van der Waals surface area contributed by atoms with Gasteiger partial charge in [0.05, 0.1) is 11.9 Å². The summed E-state index contributed by atoms with van der Waals surface area (Å²) in [5, 5.41) is 6.00. The maximum atomic E-state index is 13.8. The predicted molar refractivity (Wildman–Crippen MR) is 83.0 cm³/mol. The van der Waals surface area contributed by atoms with Crippen molar-refractivity contribution >= 4 is 27.4 Å². The van der Waals surface area contributed by atoms with Crippen LogP contribution in [0.4, 0.5) is 20.3 Å². The Morgan fingerprint density at radius 2 is 2.04 bits per heavy atom. The fourth-order valence-corrected chi connectivity index (χ4v) is 2.91. The van der Waals surface area contributed by atoms with Crippen LogP contribution < -0.4 is 9.62 Å². The highest BCUT2D eigenvalue weighted by atomic mass is 32.2. The van der Waals surface area contributed by atoms with Crippen molar-refractivity contribution in [3.8, 4) is 0 Å². The van der Waals surface area contributed by atoms with Crippen molar-refractivity contribution in [2.75, 3.05) is 22.4 Å². The van der Waals surface area contributed by atoms with Crippen LogP contribution in [0.3, 0.4) is 0 Å². The molecule has 10 heteroatoms. The first kappa shape index (κ1) is 17.9. The topological polar surface area (TPSA) is 92.5 Å². The minimum absolute atomic E-state index is 0.191. The standard InChI is InChI=1S/C14H15F2N3O4S/c1-9-7-13(18-23-9)17-14(20)5-6-19(24(2,21)22)12-4-3-10(15)8-11(12)16/h3-4,7-8H,5-6H2,1-2H3,(H,17,18,20). The van der Waals surface area contributed by atoms with Crippen molar-refractivity contribution in [3.05, 3.63) is 41.7 Å². The van der Waals surface area contributed by atoms with E-state index < -0.39 is 27.6 Å². The Bertz CT molecular complexity index is 851. The smallest absolute Gasteiger partial charge is 0.232 e. The maximum Gasteiger partial charge on any atom is 0.232 e. The van der Waals surface area contributed by atoms with E-state index in [0.29, 0.717) is 16.1 Å². The number of nitrogens with zero attached hydrogens (tertiary/aromatic N) is 2. The van der Waals surface area contributed by atoms with Gasteiger partial charge in [0.25, 0.3) is 0 Å². The van der Waals surface area contributed by atoms with Gasteiger partial charge in [-0.15, -0.1) is 0 Å². The number of carbonyl (C=O) groups excluding carboxylic acids is 1. The van der Waals surface area contributed by atoms with Gasteiger partial charge in [-0.05, 0) is 19.1 Å². The van der Waals surface area contributed by atoms with Crippen LogP contribution in [0, 0.1) is 18.6 Å². The van der Waals surface area contributed by atoms with Crippen LogP contribution in [-0.4, -0.2) is 32.3 Å². The fraction of sp³-hybridized carbons (Fsp3) is 0.286. The molecule has 1 aromatic heterocycles. The molecule has 0 saturated heterocycles. The Hall–Kier alpha value is -2.49. The molecule has 0 unspecified atom stereocenters. The van der Waals surface area contributed by atoms with Crippen molar-refractivity contribution in [3.63, 3.8) is 0 Å². The molecule has 0 fully saturated rings. The third kappa shape index (κ3) is 4.51. The fourth-order valence-electron chi connectivity index (χ4n) is 1.98. The summed E-state index contributed by atoms with van der Waals surface area (Å²) in [7, 11) is -3.86. The molecule has 1 aromatic carbocycles. The van der Waals surface area contributed by atoms with Gasteiger partial charge in [0.15, 0.2) is 5.82 Å². The Morgan fingerprint density at radius 3 is 2.58 bits per heavy atom. The van der Waals surface area contributed by atoms with E-state index in [1.807, 2.05) is 0 Å². The molecule has 1 N–H and O–H groups in total. The monoisotopic (exact) mass is 359 g/mol. The van der Waals surface area contributed by atoms with Crippen LogP contribution in [0.2, 0.25) is 0 Å². The Balaban J connectivity index is 2.11. The summed E-state index contributed by atoms with van der Waals surface area (Å²) in [6.07, 6.45) is 0.616. The summed E-state index contributed by atoms with van der Waals surface area (Å²) < 4.78 is 56.0. The number of halogens is 2. The van der Waals surface area contributed by atoms with E-state index in [9.17, 15) is 22.0 Å². The number of aromatic nitrogens is 1. The van der Waals surface area contributed by atoms with Crippen molar-refractivity contribution in [1.29, 1.82) is 0 Å². The van der Waals surface area contributed by atoms with Gasteiger partial charge < -0.3 is 9.84 Å². The van der Waals surface area contributed by atoms with E-state index in [1.165, 1.54) is 6.07 Å². The Kier molecular flexibility index (Phi) is 5.17. The lowest BCUT2D eigenvalue weighted by atomic mass is 10.3. The van der Waals surface area contributed by atoms with Crippen molar-refractivity contribution in [2.45, 2.75) is 13.3 Å². The molecule has 0 aliphatic carbocycles. The minimum atomic E-state index is -3.86. The highest BCUT2D eigenvalue weighted by Crippen LogP contribution is 2.23. The van der Waals surface area contributed by atoms with Crippen LogP contribution in [0.1, 0.15) is 12.2 Å². The first-order chi connectivity index (χ1) is 11.2. The van der Waals surface area contributed by atoms with Crippen LogP contribution >= 0.6 is 0 Å². The molecule has 0 radical (unpaired) electrons. The largest absolute Gasteiger partial charge is 0.360 e. The zero-order valence-electron chi connectivity index (χ0n) is 12.9. The second-order valence-corrected chi connectivity index (χ2v) is 6.96. The molecule has 0 aliphatic rings. The number of nitrogens with one attached hydrogen (secondary N) is 1. The molecule has 24 heavy (non-hydrogen) atoms. The van der Waals surface area contributed by atoms with E-state index in [0.717, 1.165) is 18.4 Å². The molecule has 0 atom stereocenters. The molecule has 0 spiro atoms. The number of hydrogen-bond acceptors (Lipinski definition) is 5. The highest BCUT2D eigenvalue weighted by Gasteiger charge is 2.22. The van der Waals surface area contributed by atoms with Crippen LogP contribution in [0.25, 0.3) is 0 Å². The number of anilines is 2. The average Bonchev–Trinajstić information content (AvgIpc) is 2.85. The number of benzene rings is 1. The maximum absolute atomic E-state index is 13.8. The minimum Gasteiger partial charge on any atom is -0.360 e. The Morgan fingerprint density at radius 1 is 1.33 bits per heavy atom. The molecule has 0 bridgehead atoms. The van der Waals surface area contributed by atoms with Crippen LogP contribution in [0.15, 0.2) is 28.8 Å². The summed E-state index contributed by atoms with van der Waals surface area (Å²) in [4.78, 5) is 11.9. The zero-order chi connectivity index (χ0) is 17.9. The van der Waals surface area contributed by atoms with E-state index >= 15 is 0 Å². The highest BCUT2D eigenvalue weighted by molar-refractivity contribution is 7.92. The van der Waals surface area contributed by atoms with Gasteiger partial charge >= 0.3 is 0 Å². The number of rotatable bonds is 6. The van der Waals surface area contributed by atoms with Gasteiger partial charge in [0.2, 0.25) is 15.9 Å². The van der Waals surface area contributed by atoms with Gasteiger partial charge in [-0.1, -0.05) is 5.16 Å². The summed E-state index contributed by atoms with van der Waals surface area (Å²) in [6.45, 7) is 1.33. The Labute approximate surface area is 137 Å². The lowest BCUT2D eigenvalue weighted by molar-refractivity contribution is -0.116. The van der Waals surface area contributed by atoms with Crippen molar-refractivity contribution in [2.24, 2.45) is 0 Å².